The van der Waals surface area contributed by atoms with Crippen LogP contribution < -0.4 is 10.1 Å². The maximum Gasteiger partial charge on any atom is 0.387 e. The predicted molar refractivity (Wildman–Crippen MR) is 80.7 cm³/mol. The van der Waals surface area contributed by atoms with E-state index in [2.05, 4.69) is 23.9 Å². The number of halogens is 2. The Labute approximate surface area is 125 Å². The summed E-state index contributed by atoms with van der Waals surface area (Å²) in [5, 5.41) is 3.58. The third-order valence-corrected chi connectivity index (χ3v) is 4.50. The Morgan fingerprint density at radius 2 is 1.76 bits per heavy atom. The quantitative estimate of drug-likeness (QED) is 0.805. The number of nitrogens with one attached hydrogen (secondary N) is 1. The van der Waals surface area contributed by atoms with Crippen LogP contribution in [0.25, 0.3) is 0 Å². The molecule has 1 unspecified atom stereocenters. The van der Waals surface area contributed by atoms with Gasteiger partial charge in [-0.2, -0.15) is 8.78 Å². The fourth-order valence-corrected chi connectivity index (χ4v) is 3.04. The van der Waals surface area contributed by atoms with Crippen LogP contribution in [-0.2, 0) is 0 Å². The lowest BCUT2D eigenvalue weighted by Gasteiger charge is -2.35. The summed E-state index contributed by atoms with van der Waals surface area (Å²) in [6, 6.07) is 7.10. The molecule has 1 aromatic rings. The minimum Gasteiger partial charge on any atom is -0.435 e. The van der Waals surface area contributed by atoms with Crippen molar-refractivity contribution in [3.8, 4) is 5.75 Å². The Kier molecular flexibility index (Phi) is 5.57. The van der Waals surface area contributed by atoms with Crippen molar-refractivity contribution >= 4 is 0 Å². The second kappa shape index (κ2) is 7.21. The van der Waals surface area contributed by atoms with Crippen molar-refractivity contribution in [1.29, 1.82) is 0 Å². The highest BCUT2D eigenvalue weighted by molar-refractivity contribution is 5.29. The van der Waals surface area contributed by atoms with Gasteiger partial charge in [0.25, 0.3) is 0 Å². The summed E-state index contributed by atoms with van der Waals surface area (Å²) in [6.07, 6.45) is 6.58. The number of hydrogen-bond donors (Lipinski definition) is 1. The lowest BCUT2D eigenvalue weighted by Crippen LogP contribution is -2.34. The molecule has 0 saturated heterocycles. The molecule has 1 atom stereocenters. The van der Waals surface area contributed by atoms with Crippen LogP contribution in [0.15, 0.2) is 24.3 Å². The van der Waals surface area contributed by atoms with Gasteiger partial charge in [-0.3, -0.25) is 0 Å². The van der Waals surface area contributed by atoms with Crippen molar-refractivity contribution in [3.05, 3.63) is 29.8 Å². The smallest absolute Gasteiger partial charge is 0.387 e. The second-order valence-corrected chi connectivity index (χ2v) is 6.42. The first-order valence-corrected chi connectivity index (χ1v) is 7.77. The molecule has 0 radical (unpaired) electrons. The highest BCUT2D eigenvalue weighted by Crippen LogP contribution is 2.35. The number of alkyl halides is 2. The average molecular weight is 297 g/mol. The van der Waals surface area contributed by atoms with E-state index in [1.54, 1.807) is 12.1 Å². The molecule has 0 amide bonds. The maximum absolute atomic E-state index is 12.1. The molecule has 2 rings (SSSR count). The highest BCUT2D eigenvalue weighted by Gasteiger charge is 2.26. The van der Waals surface area contributed by atoms with Crippen LogP contribution in [0.5, 0.6) is 5.75 Å². The van der Waals surface area contributed by atoms with Crippen molar-refractivity contribution in [2.45, 2.75) is 58.6 Å². The molecule has 21 heavy (non-hydrogen) atoms. The predicted octanol–water partition coefficient (Wildman–Crippen LogP) is 4.91. The molecule has 1 N–H and O–H groups in total. The monoisotopic (exact) mass is 297 g/mol. The Morgan fingerprint density at radius 3 is 2.33 bits per heavy atom. The van der Waals surface area contributed by atoms with Gasteiger partial charge in [0.15, 0.2) is 0 Å². The van der Waals surface area contributed by atoms with E-state index in [-0.39, 0.29) is 11.8 Å². The molecule has 1 fully saturated rings. The van der Waals surface area contributed by atoms with Crippen LogP contribution in [0.1, 0.15) is 57.6 Å². The van der Waals surface area contributed by atoms with Gasteiger partial charge in [-0.1, -0.05) is 38.3 Å². The highest BCUT2D eigenvalue weighted by atomic mass is 19.3. The Bertz CT molecular complexity index is 427. The normalized spacial score (nSPS) is 19.5. The number of ether oxygens (including phenoxy) is 1. The average Bonchev–Trinajstić information content (AvgIpc) is 2.46. The van der Waals surface area contributed by atoms with Gasteiger partial charge in [-0.25, -0.2) is 0 Å². The lowest BCUT2D eigenvalue weighted by molar-refractivity contribution is -0.0498. The van der Waals surface area contributed by atoms with E-state index in [0.717, 1.165) is 12.1 Å². The van der Waals surface area contributed by atoms with Gasteiger partial charge in [-0.15, -0.1) is 0 Å². The van der Waals surface area contributed by atoms with Crippen LogP contribution in [0.2, 0.25) is 0 Å². The van der Waals surface area contributed by atoms with E-state index >= 15 is 0 Å². The number of hydrogen-bond acceptors (Lipinski definition) is 2. The first-order chi connectivity index (χ1) is 9.98. The molecule has 1 saturated carbocycles. The van der Waals surface area contributed by atoms with E-state index in [1.807, 2.05) is 12.1 Å². The summed E-state index contributed by atoms with van der Waals surface area (Å²) < 4.78 is 28.6. The van der Waals surface area contributed by atoms with Crippen molar-refractivity contribution in [3.63, 3.8) is 0 Å². The van der Waals surface area contributed by atoms with E-state index < -0.39 is 6.61 Å². The van der Waals surface area contributed by atoms with E-state index in [1.165, 1.54) is 32.1 Å². The summed E-state index contributed by atoms with van der Waals surface area (Å²) in [4.78, 5) is 0. The molecule has 0 bridgehead atoms. The zero-order chi connectivity index (χ0) is 15.3. The van der Waals surface area contributed by atoms with Crippen molar-refractivity contribution < 1.29 is 13.5 Å². The summed E-state index contributed by atoms with van der Waals surface area (Å²) >= 11 is 0. The van der Waals surface area contributed by atoms with Gasteiger partial charge in [0.05, 0.1) is 0 Å². The largest absolute Gasteiger partial charge is 0.435 e. The molecule has 1 aliphatic rings. The first kappa shape index (κ1) is 16.2. The van der Waals surface area contributed by atoms with Crippen LogP contribution >= 0.6 is 0 Å². The minimum absolute atomic E-state index is 0.209. The van der Waals surface area contributed by atoms with Gasteiger partial charge in [0, 0.05) is 12.6 Å². The maximum atomic E-state index is 12.1. The summed E-state index contributed by atoms with van der Waals surface area (Å²) in [5.41, 5.74) is 1.49. The number of benzene rings is 1. The number of rotatable bonds is 6. The molecule has 0 aliphatic heterocycles. The van der Waals surface area contributed by atoms with Crippen LogP contribution in [0.3, 0.4) is 0 Å². The van der Waals surface area contributed by atoms with Crippen LogP contribution in [0, 0.1) is 5.41 Å². The minimum atomic E-state index is -2.77. The molecular weight excluding hydrogens is 272 g/mol. The third-order valence-electron chi connectivity index (χ3n) is 4.50. The van der Waals surface area contributed by atoms with Crippen molar-refractivity contribution in [1.82, 2.24) is 5.32 Å². The zero-order valence-corrected chi connectivity index (χ0v) is 12.9. The fraction of sp³-hybridized carbons (Fsp3) is 0.647. The SMILES string of the molecule is CC(NCC1(C)CCCCC1)c1ccc(OC(F)F)cc1. The Hall–Kier alpha value is -1.16. The van der Waals surface area contributed by atoms with E-state index in [0.29, 0.717) is 5.41 Å². The van der Waals surface area contributed by atoms with Crippen LogP contribution in [0.4, 0.5) is 8.78 Å². The van der Waals surface area contributed by atoms with Gasteiger partial charge < -0.3 is 10.1 Å². The topological polar surface area (TPSA) is 21.3 Å². The molecule has 2 nitrogen and oxygen atoms in total. The fourth-order valence-electron chi connectivity index (χ4n) is 3.04. The molecule has 0 aromatic heterocycles. The van der Waals surface area contributed by atoms with Crippen molar-refractivity contribution in [2.24, 2.45) is 5.41 Å². The standard InChI is InChI=1S/C17H25F2NO/c1-13(20-12-17(2)10-4-3-5-11-17)14-6-8-15(9-7-14)21-16(18)19/h6-9,13,16,20H,3-5,10-12H2,1-2H3. The molecule has 0 spiro atoms. The van der Waals surface area contributed by atoms with E-state index in [9.17, 15) is 8.78 Å². The molecule has 118 valence electrons. The summed E-state index contributed by atoms with van der Waals surface area (Å²) in [7, 11) is 0. The van der Waals surface area contributed by atoms with Crippen molar-refractivity contribution in [2.75, 3.05) is 6.54 Å². The Balaban J connectivity index is 1.86. The third kappa shape index (κ3) is 4.95. The van der Waals surface area contributed by atoms with Gasteiger partial charge in [-0.05, 0) is 42.9 Å². The molecule has 4 heteroatoms. The summed E-state index contributed by atoms with van der Waals surface area (Å²) in [6.45, 7) is 2.70. The Morgan fingerprint density at radius 1 is 1.14 bits per heavy atom. The van der Waals surface area contributed by atoms with E-state index in [4.69, 9.17) is 0 Å². The molecular formula is C17H25F2NO. The second-order valence-electron chi connectivity index (χ2n) is 6.42. The zero-order valence-electron chi connectivity index (χ0n) is 12.9. The van der Waals surface area contributed by atoms with Gasteiger partial charge in [0.1, 0.15) is 5.75 Å². The van der Waals surface area contributed by atoms with Crippen LogP contribution in [-0.4, -0.2) is 13.2 Å². The van der Waals surface area contributed by atoms with Gasteiger partial charge >= 0.3 is 6.61 Å². The first-order valence-electron chi connectivity index (χ1n) is 7.77. The molecule has 1 aliphatic carbocycles. The van der Waals surface area contributed by atoms with Gasteiger partial charge in [0.2, 0.25) is 0 Å². The lowest BCUT2D eigenvalue weighted by atomic mass is 9.75. The molecule has 1 aromatic carbocycles. The molecule has 0 heterocycles. The summed E-state index contributed by atoms with van der Waals surface area (Å²) in [5.74, 6) is 0.209.